The molecule has 36 heavy (non-hydrogen) atoms. The number of aryl methyl sites for hydroxylation is 1. The van der Waals surface area contributed by atoms with Crippen molar-refractivity contribution in [1.29, 1.82) is 0 Å². The maximum Gasteiger partial charge on any atom is 0.230 e. The first-order chi connectivity index (χ1) is 17.1. The van der Waals surface area contributed by atoms with Gasteiger partial charge in [0.25, 0.3) is 0 Å². The fourth-order valence-electron chi connectivity index (χ4n) is 4.07. The smallest absolute Gasteiger partial charge is 0.230 e. The van der Waals surface area contributed by atoms with Crippen molar-refractivity contribution in [2.45, 2.75) is 25.2 Å². The summed E-state index contributed by atoms with van der Waals surface area (Å²) in [7, 11) is -3.59. The van der Waals surface area contributed by atoms with Gasteiger partial charge in [-0.1, -0.05) is 0 Å². The number of pyridine rings is 3. The summed E-state index contributed by atoms with van der Waals surface area (Å²) in [6, 6.07) is 8.56. The molecule has 0 spiro atoms. The summed E-state index contributed by atoms with van der Waals surface area (Å²) >= 11 is 0. The maximum absolute atomic E-state index is 12.6. The molecule has 0 atom stereocenters. The van der Waals surface area contributed by atoms with Crippen LogP contribution in [0.2, 0.25) is 0 Å². The maximum atomic E-state index is 12.6. The highest BCUT2D eigenvalue weighted by atomic mass is 32.2. The summed E-state index contributed by atoms with van der Waals surface area (Å²) in [5, 5.41) is 2.75. The lowest BCUT2D eigenvalue weighted by molar-refractivity contribution is -0.129. The Morgan fingerprint density at radius 2 is 1.75 bits per heavy atom. The van der Waals surface area contributed by atoms with Crippen molar-refractivity contribution in [2.24, 2.45) is 0 Å². The largest absolute Gasteiger partial charge is 0.367 e. The van der Waals surface area contributed by atoms with Crippen LogP contribution in [0.4, 0.5) is 11.5 Å². The Morgan fingerprint density at radius 3 is 2.36 bits per heavy atom. The van der Waals surface area contributed by atoms with Gasteiger partial charge in [0, 0.05) is 63.0 Å². The number of rotatable bonds is 6. The number of anilines is 2. The summed E-state index contributed by atoms with van der Waals surface area (Å²) in [6.07, 6.45) is 5.87. The van der Waals surface area contributed by atoms with E-state index in [0.29, 0.717) is 35.7 Å². The highest BCUT2D eigenvalue weighted by Crippen LogP contribution is 2.26. The molecule has 1 aliphatic heterocycles. The van der Waals surface area contributed by atoms with Crippen LogP contribution in [-0.2, 0) is 25.8 Å². The van der Waals surface area contributed by atoms with Crippen LogP contribution < -0.4 is 10.2 Å². The Bertz CT molecular complexity index is 1380. The molecule has 1 saturated heterocycles. The van der Waals surface area contributed by atoms with E-state index in [9.17, 15) is 18.0 Å². The van der Waals surface area contributed by atoms with Crippen LogP contribution in [0.25, 0.3) is 11.3 Å². The van der Waals surface area contributed by atoms with Gasteiger partial charge in [-0.25, -0.2) is 13.4 Å². The van der Waals surface area contributed by atoms with E-state index in [-0.39, 0.29) is 23.1 Å². The third-order valence-electron chi connectivity index (χ3n) is 5.95. The van der Waals surface area contributed by atoms with Gasteiger partial charge in [-0.3, -0.25) is 19.6 Å². The van der Waals surface area contributed by atoms with E-state index in [0.717, 1.165) is 30.7 Å². The minimum absolute atomic E-state index is 0.0540. The minimum Gasteiger partial charge on any atom is -0.367 e. The zero-order valence-corrected chi connectivity index (χ0v) is 21.2. The Labute approximate surface area is 210 Å². The molecule has 3 aromatic heterocycles. The summed E-state index contributed by atoms with van der Waals surface area (Å²) in [5.41, 5.74) is 3.11. The molecule has 3 aromatic rings. The second kappa shape index (κ2) is 10.4. The Kier molecular flexibility index (Phi) is 7.30. The van der Waals surface area contributed by atoms with Crippen LogP contribution in [0.1, 0.15) is 18.2 Å². The van der Waals surface area contributed by atoms with Crippen molar-refractivity contribution in [3.05, 3.63) is 60.2 Å². The van der Waals surface area contributed by atoms with Crippen molar-refractivity contribution in [1.82, 2.24) is 19.9 Å². The van der Waals surface area contributed by atoms with Gasteiger partial charge in [-0.15, -0.1) is 0 Å². The van der Waals surface area contributed by atoms with E-state index >= 15 is 0 Å². The molecule has 11 heteroatoms. The number of sulfone groups is 1. The number of piperazine rings is 1. The van der Waals surface area contributed by atoms with Crippen LogP contribution >= 0.6 is 0 Å². The topological polar surface area (TPSA) is 125 Å². The fraction of sp³-hybridized carbons (Fsp3) is 0.320. The van der Waals surface area contributed by atoms with Crippen LogP contribution in [0.3, 0.4) is 0 Å². The number of carbonyl (C=O) groups is 2. The van der Waals surface area contributed by atoms with Gasteiger partial charge in [0.15, 0.2) is 9.84 Å². The normalized spacial score (nSPS) is 14.0. The lowest BCUT2D eigenvalue weighted by Crippen LogP contribution is -2.48. The molecule has 1 aliphatic rings. The van der Waals surface area contributed by atoms with E-state index in [1.807, 2.05) is 17.9 Å². The molecule has 1 N–H and O–H groups in total. The second-order valence-corrected chi connectivity index (χ2v) is 10.8. The van der Waals surface area contributed by atoms with Crippen LogP contribution in [-0.4, -0.2) is 72.5 Å². The predicted octanol–water partition coefficient (Wildman–Crippen LogP) is 2.10. The molecule has 2 amide bonds. The van der Waals surface area contributed by atoms with Gasteiger partial charge in [-0.2, -0.15) is 0 Å². The molecular weight excluding hydrogens is 480 g/mol. The van der Waals surface area contributed by atoms with Gasteiger partial charge in [0.05, 0.1) is 28.9 Å². The van der Waals surface area contributed by atoms with Crippen molar-refractivity contribution < 1.29 is 18.0 Å². The summed E-state index contributed by atoms with van der Waals surface area (Å²) < 4.78 is 24.9. The monoisotopic (exact) mass is 508 g/mol. The van der Waals surface area contributed by atoms with Gasteiger partial charge in [-0.05, 0) is 42.8 Å². The van der Waals surface area contributed by atoms with Crippen LogP contribution in [0.15, 0.2) is 53.8 Å². The Balaban J connectivity index is 1.43. The Hall–Kier alpha value is -3.86. The van der Waals surface area contributed by atoms with Crippen molar-refractivity contribution >= 4 is 33.2 Å². The lowest BCUT2D eigenvalue weighted by atomic mass is 10.1. The number of hydrogen-bond donors (Lipinski definition) is 1. The van der Waals surface area contributed by atoms with E-state index in [1.165, 1.54) is 12.3 Å². The number of aromatic nitrogens is 3. The molecule has 1 fully saturated rings. The molecule has 0 radical (unpaired) electrons. The average Bonchev–Trinajstić information content (AvgIpc) is 2.84. The van der Waals surface area contributed by atoms with Crippen molar-refractivity contribution in [3.8, 4) is 11.3 Å². The zero-order valence-electron chi connectivity index (χ0n) is 20.4. The Morgan fingerprint density at radius 1 is 1.00 bits per heavy atom. The number of nitrogens with one attached hydrogen (secondary N) is 1. The third-order valence-corrected chi connectivity index (χ3v) is 7.06. The predicted molar refractivity (Wildman–Crippen MR) is 136 cm³/mol. The third kappa shape index (κ3) is 6.03. The average molecular weight is 509 g/mol. The van der Waals surface area contributed by atoms with E-state index in [1.54, 1.807) is 37.5 Å². The zero-order chi connectivity index (χ0) is 25.9. The molecule has 0 unspecified atom stereocenters. The standard InChI is InChI=1S/C25H28N6O4S/c1-17-12-20(6-7-26-17)25-22(36(3,34)35)13-19(15-28-25)14-24(33)29-23-5-4-21(16-27-23)31-10-8-30(9-11-31)18(2)32/h4-7,12-13,15-16H,8-11,14H2,1-3H3,(H,27,29,33). The molecule has 4 heterocycles. The molecule has 4 rings (SSSR count). The SMILES string of the molecule is CC(=O)N1CCN(c2ccc(NC(=O)Cc3cnc(-c4ccnc(C)c4)c(S(C)(=O)=O)c3)nc2)CC1. The first kappa shape index (κ1) is 25.2. The van der Waals surface area contributed by atoms with Gasteiger partial charge >= 0.3 is 0 Å². The number of nitrogens with zero attached hydrogens (tertiary/aromatic N) is 5. The number of carbonyl (C=O) groups excluding carboxylic acids is 2. The van der Waals surface area contributed by atoms with Crippen molar-refractivity contribution in [3.63, 3.8) is 0 Å². The fourth-order valence-corrected chi connectivity index (χ4v) is 4.96. The molecule has 0 saturated carbocycles. The minimum atomic E-state index is -3.59. The first-order valence-electron chi connectivity index (χ1n) is 11.5. The number of hydrogen-bond acceptors (Lipinski definition) is 8. The lowest BCUT2D eigenvalue weighted by Gasteiger charge is -2.35. The van der Waals surface area contributed by atoms with Gasteiger partial charge in [0.2, 0.25) is 11.8 Å². The second-order valence-electron chi connectivity index (χ2n) is 8.77. The molecule has 0 aromatic carbocycles. The first-order valence-corrected chi connectivity index (χ1v) is 13.4. The van der Waals surface area contributed by atoms with Crippen LogP contribution in [0, 0.1) is 6.92 Å². The molecule has 0 bridgehead atoms. The quantitative estimate of drug-likeness (QED) is 0.537. The summed E-state index contributed by atoms with van der Waals surface area (Å²) in [4.78, 5) is 41.0. The summed E-state index contributed by atoms with van der Waals surface area (Å²) in [5.74, 6) is 0.136. The molecule has 188 valence electrons. The highest BCUT2D eigenvalue weighted by Gasteiger charge is 2.20. The van der Waals surface area contributed by atoms with E-state index < -0.39 is 9.84 Å². The number of amides is 2. The molecule has 10 nitrogen and oxygen atoms in total. The highest BCUT2D eigenvalue weighted by molar-refractivity contribution is 7.90. The van der Waals surface area contributed by atoms with Crippen LogP contribution in [0.5, 0.6) is 0 Å². The summed E-state index contributed by atoms with van der Waals surface area (Å²) in [6.45, 7) is 6.16. The van der Waals surface area contributed by atoms with E-state index in [4.69, 9.17) is 0 Å². The van der Waals surface area contributed by atoms with E-state index in [2.05, 4.69) is 25.2 Å². The van der Waals surface area contributed by atoms with Gasteiger partial charge < -0.3 is 15.1 Å². The molecule has 0 aliphatic carbocycles. The van der Waals surface area contributed by atoms with Gasteiger partial charge in [0.1, 0.15) is 5.82 Å². The molecular formula is C25H28N6O4S. The van der Waals surface area contributed by atoms with Crippen molar-refractivity contribution in [2.75, 3.05) is 42.7 Å².